The van der Waals surface area contributed by atoms with Gasteiger partial charge in [-0.2, -0.15) is 0 Å². The minimum atomic E-state index is -1.23. The molecular formula is C5H10NO3-. The first kappa shape index (κ1) is 8.23. The van der Waals surface area contributed by atoms with Crippen molar-refractivity contribution < 1.29 is 15.0 Å². The van der Waals surface area contributed by atoms with Gasteiger partial charge in [-0.1, -0.05) is 0 Å². The van der Waals surface area contributed by atoms with Crippen molar-refractivity contribution in [2.45, 2.75) is 6.92 Å². The van der Waals surface area contributed by atoms with Crippen LogP contribution in [0.25, 0.3) is 0 Å². The number of nitrogens with zero attached hydrogens (tertiary/aromatic N) is 1. The number of hydrogen-bond acceptors (Lipinski definition) is 3. The second kappa shape index (κ2) is 4.14. The van der Waals surface area contributed by atoms with Gasteiger partial charge in [0.1, 0.15) is 6.09 Å². The molecule has 4 nitrogen and oxygen atoms in total. The van der Waals surface area contributed by atoms with Crippen LogP contribution in [0.4, 0.5) is 4.79 Å². The molecule has 0 atom stereocenters. The molecule has 0 rings (SSSR count). The summed E-state index contributed by atoms with van der Waals surface area (Å²) in [5, 5.41) is 18.3. The molecule has 0 saturated carbocycles. The van der Waals surface area contributed by atoms with Crippen LogP contribution in [0.5, 0.6) is 0 Å². The first-order valence-corrected chi connectivity index (χ1v) is 2.79. The molecule has 4 heteroatoms. The molecule has 1 amide bonds. The molecule has 0 radical (unpaired) electrons. The number of carboxylic acid groups (broad SMARTS) is 1. The van der Waals surface area contributed by atoms with Crippen LogP contribution in [-0.4, -0.2) is 35.8 Å². The Balaban J connectivity index is 3.54. The number of carbonyl (C=O) groups excluding carboxylic acids is 1. The van der Waals surface area contributed by atoms with E-state index in [2.05, 4.69) is 0 Å². The van der Waals surface area contributed by atoms with Crippen molar-refractivity contribution in [3.8, 4) is 0 Å². The molecule has 0 aliphatic rings. The summed E-state index contributed by atoms with van der Waals surface area (Å²) in [4.78, 5) is 11.1. The SMILES string of the molecule is CCN(CCO)C(=O)[O-]. The number of carbonyl (C=O) groups is 1. The van der Waals surface area contributed by atoms with E-state index in [9.17, 15) is 9.90 Å². The number of hydrogen-bond donors (Lipinski definition) is 1. The van der Waals surface area contributed by atoms with Crippen molar-refractivity contribution in [1.29, 1.82) is 0 Å². The molecule has 0 aliphatic heterocycles. The van der Waals surface area contributed by atoms with E-state index >= 15 is 0 Å². The van der Waals surface area contributed by atoms with Gasteiger partial charge in [-0.25, -0.2) is 0 Å². The summed E-state index contributed by atoms with van der Waals surface area (Å²) in [7, 11) is 0. The van der Waals surface area contributed by atoms with Gasteiger partial charge in [-0.3, -0.25) is 0 Å². The molecule has 0 aromatic rings. The molecule has 9 heavy (non-hydrogen) atoms. The Kier molecular flexibility index (Phi) is 3.79. The zero-order valence-corrected chi connectivity index (χ0v) is 5.33. The average Bonchev–Trinajstić information content (AvgIpc) is 1.82. The van der Waals surface area contributed by atoms with E-state index in [0.717, 1.165) is 4.90 Å². The van der Waals surface area contributed by atoms with Crippen LogP contribution >= 0.6 is 0 Å². The van der Waals surface area contributed by atoms with E-state index in [1.165, 1.54) is 0 Å². The number of aliphatic hydroxyl groups excluding tert-OH is 1. The zero-order chi connectivity index (χ0) is 7.28. The van der Waals surface area contributed by atoms with E-state index in [1.807, 2.05) is 0 Å². The summed E-state index contributed by atoms with van der Waals surface area (Å²) in [6, 6.07) is 0. The molecule has 0 fully saturated rings. The molecule has 54 valence electrons. The fourth-order valence-electron chi connectivity index (χ4n) is 0.499. The van der Waals surface area contributed by atoms with Crippen LogP contribution in [0.1, 0.15) is 6.92 Å². The lowest BCUT2D eigenvalue weighted by Crippen LogP contribution is -2.42. The Bertz CT molecular complexity index is 94.2. The lowest BCUT2D eigenvalue weighted by atomic mass is 10.5. The van der Waals surface area contributed by atoms with Gasteiger partial charge >= 0.3 is 0 Å². The molecule has 0 saturated heterocycles. The van der Waals surface area contributed by atoms with E-state index in [0.29, 0.717) is 6.54 Å². The molecule has 0 aromatic heterocycles. The third-order valence-corrected chi connectivity index (χ3v) is 1.01. The highest BCUT2D eigenvalue weighted by atomic mass is 16.4. The molecule has 0 aromatic carbocycles. The van der Waals surface area contributed by atoms with E-state index in [1.54, 1.807) is 6.92 Å². The van der Waals surface area contributed by atoms with Crippen LogP contribution in [-0.2, 0) is 0 Å². The summed E-state index contributed by atoms with van der Waals surface area (Å²) < 4.78 is 0. The average molecular weight is 132 g/mol. The highest BCUT2D eigenvalue weighted by molar-refractivity contribution is 5.62. The number of amides is 1. The van der Waals surface area contributed by atoms with Gasteiger partial charge in [0, 0.05) is 13.1 Å². The van der Waals surface area contributed by atoms with Crippen molar-refractivity contribution in [2.75, 3.05) is 19.7 Å². The Morgan fingerprint density at radius 3 is 2.44 bits per heavy atom. The van der Waals surface area contributed by atoms with Crippen molar-refractivity contribution in [3.05, 3.63) is 0 Å². The highest BCUT2D eigenvalue weighted by Crippen LogP contribution is 1.82. The second-order valence-corrected chi connectivity index (χ2v) is 1.57. The molecular weight excluding hydrogens is 122 g/mol. The largest absolute Gasteiger partial charge is 0.530 e. The van der Waals surface area contributed by atoms with Gasteiger partial charge in [0.25, 0.3) is 0 Å². The van der Waals surface area contributed by atoms with Gasteiger partial charge in [0.15, 0.2) is 0 Å². The molecule has 0 unspecified atom stereocenters. The van der Waals surface area contributed by atoms with Crippen LogP contribution < -0.4 is 5.11 Å². The Morgan fingerprint density at radius 2 is 2.33 bits per heavy atom. The fourth-order valence-corrected chi connectivity index (χ4v) is 0.499. The Hall–Kier alpha value is -0.770. The molecule has 0 aliphatic carbocycles. The lowest BCUT2D eigenvalue weighted by Gasteiger charge is -2.21. The predicted molar refractivity (Wildman–Crippen MR) is 29.7 cm³/mol. The standard InChI is InChI=1S/C5H11NO3/c1-2-6(3-4-7)5(8)9/h7H,2-4H2,1H3,(H,8,9)/p-1. The number of rotatable bonds is 3. The van der Waals surface area contributed by atoms with Crippen LogP contribution in [0.2, 0.25) is 0 Å². The maximum Gasteiger partial charge on any atom is 0.136 e. The minimum Gasteiger partial charge on any atom is -0.530 e. The lowest BCUT2D eigenvalue weighted by molar-refractivity contribution is -0.265. The van der Waals surface area contributed by atoms with Gasteiger partial charge in [0.2, 0.25) is 0 Å². The van der Waals surface area contributed by atoms with Crippen molar-refractivity contribution in [3.63, 3.8) is 0 Å². The van der Waals surface area contributed by atoms with E-state index < -0.39 is 6.09 Å². The summed E-state index contributed by atoms with van der Waals surface area (Å²) in [5.41, 5.74) is 0. The third kappa shape index (κ3) is 2.92. The zero-order valence-electron chi connectivity index (χ0n) is 5.33. The summed E-state index contributed by atoms with van der Waals surface area (Å²) in [5.74, 6) is 0. The first-order valence-electron chi connectivity index (χ1n) is 2.79. The number of aliphatic hydroxyl groups is 1. The van der Waals surface area contributed by atoms with Gasteiger partial charge in [0.05, 0.1) is 6.61 Å². The summed E-state index contributed by atoms with van der Waals surface area (Å²) in [6.45, 7) is 2.04. The number of likely N-dealkylation sites (N-methyl/N-ethyl adjacent to an activating group) is 1. The topological polar surface area (TPSA) is 63.6 Å². The summed E-state index contributed by atoms with van der Waals surface area (Å²) in [6.07, 6.45) is -1.23. The quantitative estimate of drug-likeness (QED) is 0.516. The normalized spacial score (nSPS) is 9.11. The van der Waals surface area contributed by atoms with Crippen LogP contribution in [0, 0.1) is 0 Å². The first-order chi connectivity index (χ1) is 4.22. The minimum absolute atomic E-state index is 0.138. The molecule has 0 spiro atoms. The third-order valence-electron chi connectivity index (χ3n) is 1.01. The highest BCUT2D eigenvalue weighted by Gasteiger charge is 1.96. The smallest absolute Gasteiger partial charge is 0.136 e. The fraction of sp³-hybridized carbons (Fsp3) is 0.800. The maximum absolute atomic E-state index is 10.0. The molecule has 0 bridgehead atoms. The predicted octanol–water partition coefficient (Wildman–Crippen LogP) is -1.36. The van der Waals surface area contributed by atoms with E-state index in [-0.39, 0.29) is 13.2 Å². The van der Waals surface area contributed by atoms with Gasteiger partial charge in [-0.05, 0) is 6.92 Å². The van der Waals surface area contributed by atoms with E-state index in [4.69, 9.17) is 5.11 Å². The van der Waals surface area contributed by atoms with Gasteiger partial charge in [-0.15, -0.1) is 0 Å². The maximum atomic E-state index is 10.0. The Morgan fingerprint density at radius 1 is 1.78 bits per heavy atom. The van der Waals surface area contributed by atoms with Crippen molar-refractivity contribution >= 4 is 6.09 Å². The monoisotopic (exact) mass is 132 g/mol. The van der Waals surface area contributed by atoms with Crippen molar-refractivity contribution in [2.24, 2.45) is 0 Å². The van der Waals surface area contributed by atoms with Crippen molar-refractivity contribution in [1.82, 2.24) is 4.90 Å². The molecule has 1 N–H and O–H groups in total. The second-order valence-electron chi connectivity index (χ2n) is 1.57. The van der Waals surface area contributed by atoms with Crippen LogP contribution in [0.3, 0.4) is 0 Å². The summed E-state index contributed by atoms with van der Waals surface area (Å²) >= 11 is 0. The van der Waals surface area contributed by atoms with Gasteiger partial charge < -0.3 is 19.9 Å². The molecule has 0 heterocycles. The Labute approximate surface area is 53.7 Å². The van der Waals surface area contributed by atoms with Crippen LogP contribution in [0.15, 0.2) is 0 Å².